The van der Waals surface area contributed by atoms with Gasteiger partial charge in [-0.05, 0) is 37.6 Å². The minimum atomic E-state index is -0.147. The Morgan fingerprint density at radius 3 is 2.33 bits per heavy atom. The van der Waals surface area contributed by atoms with Crippen molar-refractivity contribution in [1.82, 2.24) is 4.90 Å². The van der Waals surface area contributed by atoms with Crippen LogP contribution in [0.1, 0.15) is 31.9 Å². The number of benzene rings is 1. The monoisotopic (exact) mass is 247 g/mol. The average molecular weight is 247 g/mol. The van der Waals surface area contributed by atoms with Crippen molar-refractivity contribution in [2.24, 2.45) is 0 Å². The van der Waals surface area contributed by atoms with E-state index < -0.39 is 0 Å². The third kappa shape index (κ3) is 3.22. The Bertz CT molecular complexity index is 472. The molecule has 0 N–H and O–H groups in total. The van der Waals surface area contributed by atoms with Gasteiger partial charge in [0.2, 0.25) is 0 Å². The van der Waals surface area contributed by atoms with E-state index in [1.807, 2.05) is 46.0 Å². The zero-order valence-corrected chi connectivity index (χ0v) is 11.9. The zero-order valence-electron chi connectivity index (χ0n) is 11.9. The molecule has 1 nitrogen and oxygen atoms in total. The molecule has 0 unspecified atom stereocenters. The summed E-state index contributed by atoms with van der Waals surface area (Å²) in [7, 11) is 1.99. The Hall–Kier alpha value is -1.57. The second-order valence-electron chi connectivity index (χ2n) is 4.40. The lowest BCUT2D eigenvalue weighted by Gasteiger charge is -2.26. The maximum absolute atomic E-state index is 13.8. The first-order chi connectivity index (χ1) is 8.58. The highest BCUT2D eigenvalue weighted by molar-refractivity contribution is 5.67. The number of hydrogen-bond acceptors (Lipinski definition) is 1. The number of rotatable bonds is 1. The first-order valence-electron chi connectivity index (χ1n) is 6.43. The first kappa shape index (κ1) is 14.5. The molecule has 1 aliphatic rings. The number of aryl methyl sites for hydroxylation is 1. The van der Waals surface area contributed by atoms with Crippen LogP contribution >= 0.6 is 0 Å². The summed E-state index contributed by atoms with van der Waals surface area (Å²) in [5.41, 5.74) is 3.87. The summed E-state index contributed by atoms with van der Waals surface area (Å²) >= 11 is 0. The maximum Gasteiger partial charge on any atom is 0.132 e. The normalized spacial score (nSPS) is 14.4. The van der Waals surface area contributed by atoms with E-state index in [1.54, 1.807) is 6.07 Å². The summed E-state index contributed by atoms with van der Waals surface area (Å²) in [5, 5.41) is 0. The highest BCUT2D eigenvalue weighted by Crippen LogP contribution is 2.25. The molecule has 0 aliphatic carbocycles. The van der Waals surface area contributed by atoms with E-state index in [-0.39, 0.29) is 5.82 Å². The molecule has 1 aromatic rings. The summed E-state index contributed by atoms with van der Waals surface area (Å²) in [6.45, 7) is 8.84. The molecule has 0 aromatic heterocycles. The van der Waals surface area contributed by atoms with Gasteiger partial charge >= 0.3 is 0 Å². The van der Waals surface area contributed by atoms with Crippen molar-refractivity contribution >= 4 is 5.70 Å². The smallest absolute Gasteiger partial charge is 0.132 e. The fraction of sp³-hybridized carbons (Fsp3) is 0.375. The average Bonchev–Trinajstić information content (AvgIpc) is 2.33. The van der Waals surface area contributed by atoms with Crippen LogP contribution in [0.2, 0.25) is 0 Å². The second kappa shape index (κ2) is 6.39. The lowest BCUT2D eigenvalue weighted by Crippen LogP contribution is -2.21. The molecule has 0 atom stereocenters. The van der Waals surface area contributed by atoms with E-state index >= 15 is 0 Å². The molecule has 0 bridgehead atoms. The minimum absolute atomic E-state index is 0.147. The van der Waals surface area contributed by atoms with Gasteiger partial charge in [-0.3, -0.25) is 0 Å². The maximum atomic E-state index is 13.8. The summed E-state index contributed by atoms with van der Waals surface area (Å²) < 4.78 is 13.8. The number of halogens is 1. The van der Waals surface area contributed by atoms with Crippen molar-refractivity contribution in [3.63, 3.8) is 0 Å². The molecule has 0 amide bonds. The van der Waals surface area contributed by atoms with Crippen molar-refractivity contribution in [3.8, 4) is 0 Å². The third-order valence-electron chi connectivity index (χ3n) is 2.82. The van der Waals surface area contributed by atoms with E-state index in [0.717, 1.165) is 17.8 Å². The van der Waals surface area contributed by atoms with Gasteiger partial charge in [0.05, 0.1) is 0 Å². The molecule has 18 heavy (non-hydrogen) atoms. The highest BCUT2D eigenvalue weighted by Gasteiger charge is 2.14. The lowest BCUT2D eigenvalue weighted by atomic mass is 10.0. The molecule has 1 aliphatic heterocycles. The molecule has 0 fully saturated rings. The van der Waals surface area contributed by atoms with Crippen LogP contribution in [0.25, 0.3) is 5.70 Å². The predicted octanol–water partition coefficient (Wildman–Crippen LogP) is 4.39. The SMILES string of the molecule is CC.CC1=CC=C(c2ccc(C)cc2F)N(C)C1. The number of likely N-dealkylation sites (N-methyl/N-ethyl adjacent to an activating group) is 1. The first-order valence-corrected chi connectivity index (χ1v) is 6.43. The van der Waals surface area contributed by atoms with Gasteiger partial charge in [0.15, 0.2) is 0 Å². The van der Waals surface area contributed by atoms with Crippen LogP contribution in [-0.2, 0) is 0 Å². The zero-order chi connectivity index (χ0) is 13.7. The molecular formula is C16H22FN. The van der Waals surface area contributed by atoms with E-state index in [0.29, 0.717) is 5.56 Å². The van der Waals surface area contributed by atoms with E-state index in [9.17, 15) is 4.39 Å². The minimum Gasteiger partial charge on any atom is -0.370 e. The molecule has 0 spiro atoms. The van der Waals surface area contributed by atoms with Crippen molar-refractivity contribution in [1.29, 1.82) is 0 Å². The highest BCUT2D eigenvalue weighted by atomic mass is 19.1. The second-order valence-corrected chi connectivity index (χ2v) is 4.40. The lowest BCUT2D eigenvalue weighted by molar-refractivity contribution is 0.509. The van der Waals surface area contributed by atoms with Crippen LogP contribution in [-0.4, -0.2) is 18.5 Å². The van der Waals surface area contributed by atoms with E-state index in [1.165, 1.54) is 5.57 Å². The number of nitrogens with zero attached hydrogens (tertiary/aromatic N) is 1. The van der Waals surface area contributed by atoms with Gasteiger partial charge in [0.25, 0.3) is 0 Å². The largest absolute Gasteiger partial charge is 0.370 e. The molecule has 1 aromatic carbocycles. The van der Waals surface area contributed by atoms with Gasteiger partial charge in [-0.1, -0.05) is 31.6 Å². The van der Waals surface area contributed by atoms with Crippen molar-refractivity contribution in [2.45, 2.75) is 27.7 Å². The standard InChI is InChI=1S/C14H16FN.C2H6/c1-10-4-6-12(13(15)8-10)14-7-5-11(2)9-16(14)3;1-2/h4-8H,9H2,1-3H3;1-2H3. The molecule has 0 saturated heterocycles. The van der Waals surface area contributed by atoms with Crippen molar-refractivity contribution in [2.75, 3.05) is 13.6 Å². The Kier molecular flexibility index (Phi) is 5.14. The summed E-state index contributed by atoms with van der Waals surface area (Å²) in [6.07, 6.45) is 4.03. The molecule has 2 heteroatoms. The molecule has 2 rings (SSSR count). The molecule has 1 heterocycles. The summed E-state index contributed by atoms with van der Waals surface area (Å²) in [4.78, 5) is 2.07. The topological polar surface area (TPSA) is 3.24 Å². The summed E-state index contributed by atoms with van der Waals surface area (Å²) in [5.74, 6) is -0.147. The van der Waals surface area contributed by atoms with Crippen LogP contribution in [0, 0.1) is 12.7 Å². The molecule has 98 valence electrons. The van der Waals surface area contributed by atoms with Gasteiger partial charge in [-0.25, -0.2) is 4.39 Å². The molecular weight excluding hydrogens is 225 g/mol. The Labute approximate surface area is 110 Å². The molecule has 0 saturated carbocycles. The Morgan fingerprint density at radius 2 is 1.78 bits per heavy atom. The van der Waals surface area contributed by atoms with Gasteiger partial charge in [0, 0.05) is 24.9 Å². The van der Waals surface area contributed by atoms with Gasteiger partial charge < -0.3 is 4.90 Å². The Balaban J connectivity index is 0.000000771. The van der Waals surface area contributed by atoms with Crippen LogP contribution < -0.4 is 0 Å². The van der Waals surface area contributed by atoms with Gasteiger partial charge in [-0.15, -0.1) is 0 Å². The van der Waals surface area contributed by atoms with Gasteiger partial charge in [0.1, 0.15) is 5.82 Å². The van der Waals surface area contributed by atoms with Crippen molar-refractivity contribution in [3.05, 3.63) is 52.9 Å². The van der Waals surface area contributed by atoms with E-state index in [4.69, 9.17) is 0 Å². The van der Waals surface area contributed by atoms with Crippen LogP contribution in [0.5, 0.6) is 0 Å². The Morgan fingerprint density at radius 1 is 1.11 bits per heavy atom. The number of allylic oxidation sites excluding steroid dienone is 2. The van der Waals surface area contributed by atoms with Gasteiger partial charge in [-0.2, -0.15) is 0 Å². The fourth-order valence-electron chi connectivity index (χ4n) is 1.98. The number of hydrogen-bond donors (Lipinski definition) is 0. The summed E-state index contributed by atoms with van der Waals surface area (Å²) in [6, 6.07) is 5.37. The van der Waals surface area contributed by atoms with Crippen LogP contribution in [0.3, 0.4) is 0 Å². The fourth-order valence-corrected chi connectivity index (χ4v) is 1.98. The molecule has 0 radical (unpaired) electrons. The van der Waals surface area contributed by atoms with Crippen molar-refractivity contribution < 1.29 is 4.39 Å². The third-order valence-corrected chi connectivity index (χ3v) is 2.82. The van der Waals surface area contributed by atoms with E-state index in [2.05, 4.69) is 17.9 Å². The quantitative estimate of drug-likeness (QED) is 0.711. The van der Waals surface area contributed by atoms with Crippen LogP contribution in [0.15, 0.2) is 35.9 Å². The predicted molar refractivity (Wildman–Crippen MR) is 76.8 cm³/mol. The van der Waals surface area contributed by atoms with Crippen LogP contribution in [0.4, 0.5) is 4.39 Å².